The summed E-state index contributed by atoms with van der Waals surface area (Å²) in [5.41, 5.74) is 5.44. The number of carbonyl (C=O) groups excluding carboxylic acids is 1. The molecule has 308 valence electrons. The summed E-state index contributed by atoms with van der Waals surface area (Å²) in [5, 5.41) is 10.7. The summed E-state index contributed by atoms with van der Waals surface area (Å²) in [4.78, 5) is 12.7. The Labute approximate surface area is 339 Å². The van der Waals surface area contributed by atoms with E-state index in [1.54, 1.807) is 54.8 Å². The van der Waals surface area contributed by atoms with Crippen LogP contribution in [0, 0.1) is 6.92 Å². The van der Waals surface area contributed by atoms with Gasteiger partial charge in [0.25, 0.3) is 5.91 Å². The molecule has 5 aromatic rings. The minimum atomic E-state index is -0.362. The van der Waals surface area contributed by atoms with Gasteiger partial charge in [0.05, 0.1) is 61.4 Å². The molecule has 1 amide bonds. The lowest BCUT2D eigenvalue weighted by molar-refractivity contribution is 0.0935. The van der Waals surface area contributed by atoms with Gasteiger partial charge in [-0.2, -0.15) is 0 Å². The molecule has 0 saturated carbocycles. The van der Waals surface area contributed by atoms with Gasteiger partial charge in [-0.05, 0) is 73.9 Å². The van der Waals surface area contributed by atoms with E-state index in [-0.39, 0.29) is 12.1 Å². The topological polar surface area (TPSA) is 141 Å². The molecule has 0 spiro atoms. The van der Waals surface area contributed by atoms with E-state index in [1.807, 2.05) is 61.5 Å². The van der Waals surface area contributed by atoms with Crippen LogP contribution in [0.2, 0.25) is 0 Å². The number of ether oxygens (including phenoxy) is 8. The van der Waals surface area contributed by atoms with Gasteiger partial charge < -0.3 is 53.1 Å². The van der Waals surface area contributed by atoms with Crippen LogP contribution in [0.4, 0.5) is 5.69 Å². The number of aryl methyl sites for hydroxylation is 1. The standard InChI is InChI=1S/C45H53N3O10/c1-28-15-17-33-32(21-28)45(49)47-44(46-33)29-16-18-35(37(22-29)50-2)56-19-13-11-9-8-10-12-14-20-57-43-40(53-5)23-30(24-41(43)54-6)34-27-36(58-48-34)31-25-38(51-3)42(55-7)39(26-31)52-4/h15-18,21-27,44,46H,8-14,19-20H2,1-7H3,(H,47,49). The number of fused-ring (bicyclic) bond motifs is 1. The number of aromatic nitrogens is 1. The highest BCUT2D eigenvalue weighted by atomic mass is 16.5. The fraction of sp³-hybridized carbons (Fsp3) is 0.378. The summed E-state index contributed by atoms with van der Waals surface area (Å²) in [6, 6.07) is 20.7. The van der Waals surface area contributed by atoms with Crippen LogP contribution in [0.3, 0.4) is 0 Å². The van der Waals surface area contributed by atoms with E-state index >= 15 is 0 Å². The fourth-order valence-electron chi connectivity index (χ4n) is 6.91. The number of methoxy groups -OCH3 is 6. The lowest BCUT2D eigenvalue weighted by Crippen LogP contribution is -2.38. The number of carbonyl (C=O) groups is 1. The van der Waals surface area contributed by atoms with Crippen molar-refractivity contribution in [2.45, 2.75) is 58.0 Å². The second kappa shape index (κ2) is 19.8. The molecule has 0 saturated heterocycles. The van der Waals surface area contributed by atoms with Crippen molar-refractivity contribution in [2.75, 3.05) is 61.2 Å². The maximum Gasteiger partial charge on any atom is 0.255 e. The second-order valence-corrected chi connectivity index (χ2v) is 13.9. The van der Waals surface area contributed by atoms with Gasteiger partial charge in [-0.15, -0.1) is 0 Å². The molecule has 1 aromatic heterocycles. The van der Waals surface area contributed by atoms with Gasteiger partial charge in [-0.25, -0.2) is 0 Å². The van der Waals surface area contributed by atoms with Crippen LogP contribution >= 0.6 is 0 Å². The maximum absolute atomic E-state index is 12.7. The number of hydrogen-bond donors (Lipinski definition) is 2. The minimum absolute atomic E-state index is 0.103. The Morgan fingerprint density at radius 2 is 1.16 bits per heavy atom. The molecule has 0 fully saturated rings. The van der Waals surface area contributed by atoms with E-state index in [0.717, 1.165) is 67.3 Å². The average molecular weight is 796 g/mol. The molecule has 2 heterocycles. The number of unbranched alkanes of at least 4 members (excludes halogenated alkanes) is 6. The van der Waals surface area contributed by atoms with Crippen LogP contribution in [0.5, 0.6) is 46.0 Å². The van der Waals surface area contributed by atoms with Crippen molar-refractivity contribution in [1.29, 1.82) is 0 Å². The fourth-order valence-corrected chi connectivity index (χ4v) is 6.91. The highest BCUT2D eigenvalue weighted by molar-refractivity contribution is 6.02. The van der Waals surface area contributed by atoms with Gasteiger partial charge in [0, 0.05) is 22.9 Å². The Balaban J connectivity index is 0.916. The van der Waals surface area contributed by atoms with Crippen LogP contribution < -0.4 is 48.5 Å². The monoisotopic (exact) mass is 795 g/mol. The number of nitrogens with one attached hydrogen (secondary N) is 2. The molecule has 4 aromatic carbocycles. The largest absolute Gasteiger partial charge is 0.493 e. The Hall–Kier alpha value is -6.24. The molecule has 1 atom stereocenters. The normalized spacial score (nSPS) is 13.2. The maximum atomic E-state index is 12.7. The molecule has 1 aliphatic heterocycles. The second-order valence-electron chi connectivity index (χ2n) is 13.9. The quantitative estimate of drug-likeness (QED) is 0.0684. The zero-order valence-corrected chi connectivity index (χ0v) is 34.3. The summed E-state index contributed by atoms with van der Waals surface area (Å²) in [7, 11) is 9.52. The molecule has 13 nitrogen and oxygen atoms in total. The smallest absolute Gasteiger partial charge is 0.255 e. The highest BCUT2D eigenvalue weighted by Crippen LogP contribution is 2.44. The predicted molar refractivity (Wildman–Crippen MR) is 221 cm³/mol. The van der Waals surface area contributed by atoms with Crippen molar-refractivity contribution in [3.05, 3.63) is 83.4 Å². The molecule has 0 aliphatic carbocycles. The lowest BCUT2D eigenvalue weighted by Gasteiger charge is -2.28. The number of amides is 1. The number of nitrogens with zero attached hydrogens (tertiary/aromatic N) is 1. The minimum Gasteiger partial charge on any atom is -0.493 e. The summed E-state index contributed by atoms with van der Waals surface area (Å²) in [6.07, 6.45) is 6.99. The summed E-state index contributed by atoms with van der Waals surface area (Å²) in [6.45, 7) is 3.11. The van der Waals surface area contributed by atoms with Gasteiger partial charge in [0.1, 0.15) is 11.9 Å². The summed E-state index contributed by atoms with van der Waals surface area (Å²) < 4.78 is 51.5. The molecule has 1 aliphatic rings. The average Bonchev–Trinajstić information content (AvgIpc) is 3.75. The van der Waals surface area contributed by atoms with Crippen LogP contribution in [0.15, 0.2) is 71.3 Å². The van der Waals surface area contributed by atoms with Gasteiger partial charge in [0.2, 0.25) is 11.5 Å². The number of rotatable bonds is 21. The lowest BCUT2D eigenvalue weighted by atomic mass is 10.0. The Morgan fingerprint density at radius 1 is 0.569 bits per heavy atom. The Morgan fingerprint density at radius 3 is 1.78 bits per heavy atom. The zero-order valence-electron chi connectivity index (χ0n) is 34.3. The first-order valence-electron chi connectivity index (χ1n) is 19.5. The Bertz CT molecular complexity index is 2120. The third-order valence-corrected chi connectivity index (χ3v) is 10.0. The molecule has 13 heteroatoms. The molecule has 0 bridgehead atoms. The first-order chi connectivity index (χ1) is 28.3. The third kappa shape index (κ3) is 9.64. The van der Waals surface area contributed by atoms with Crippen molar-refractivity contribution >= 4 is 11.6 Å². The summed E-state index contributed by atoms with van der Waals surface area (Å²) in [5.74, 6) is 4.88. The molecule has 58 heavy (non-hydrogen) atoms. The number of anilines is 1. The molecular weight excluding hydrogens is 743 g/mol. The first kappa shape index (κ1) is 41.4. The van der Waals surface area contributed by atoms with Crippen molar-refractivity contribution < 1.29 is 47.2 Å². The van der Waals surface area contributed by atoms with Crippen LogP contribution in [-0.2, 0) is 0 Å². The Kier molecular flexibility index (Phi) is 14.1. The first-order valence-corrected chi connectivity index (χ1v) is 19.5. The van der Waals surface area contributed by atoms with Gasteiger partial charge in [-0.3, -0.25) is 4.79 Å². The van der Waals surface area contributed by atoms with E-state index in [0.29, 0.717) is 81.8 Å². The van der Waals surface area contributed by atoms with E-state index in [2.05, 4.69) is 15.8 Å². The van der Waals surface area contributed by atoms with E-state index < -0.39 is 0 Å². The highest BCUT2D eigenvalue weighted by Gasteiger charge is 2.26. The van der Waals surface area contributed by atoms with E-state index in [1.165, 1.54) is 0 Å². The molecule has 0 radical (unpaired) electrons. The summed E-state index contributed by atoms with van der Waals surface area (Å²) >= 11 is 0. The van der Waals surface area contributed by atoms with Crippen molar-refractivity contribution in [3.8, 4) is 68.6 Å². The van der Waals surface area contributed by atoms with Crippen LogP contribution in [0.25, 0.3) is 22.6 Å². The van der Waals surface area contributed by atoms with Gasteiger partial charge in [0.15, 0.2) is 40.3 Å². The van der Waals surface area contributed by atoms with E-state index in [4.69, 9.17) is 42.4 Å². The molecular formula is C45H53N3O10. The third-order valence-electron chi connectivity index (χ3n) is 10.0. The zero-order chi connectivity index (χ0) is 41.0. The van der Waals surface area contributed by atoms with Crippen molar-refractivity contribution in [1.82, 2.24) is 10.5 Å². The van der Waals surface area contributed by atoms with Gasteiger partial charge in [-0.1, -0.05) is 55.0 Å². The number of hydrogen-bond acceptors (Lipinski definition) is 12. The molecule has 6 rings (SSSR count). The predicted octanol–water partition coefficient (Wildman–Crippen LogP) is 9.41. The van der Waals surface area contributed by atoms with Gasteiger partial charge >= 0.3 is 0 Å². The van der Waals surface area contributed by atoms with E-state index in [9.17, 15) is 4.79 Å². The van der Waals surface area contributed by atoms with Crippen molar-refractivity contribution in [2.24, 2.45) is 0 Å². The SMILES string of the molecule is COc1cc(C2NC(=O)c3cc(C)ccc3N2)ccc1OCCCCCCCCCOc1c(OC)cc(-c2cc(-c3cc(OC)c(OC)c(OC)c3)on2)cc1OC. The van der Waals surface area contributed by atoms with Crippen molar-refractivity contribution in [3.63, 3.8) is 0 Å². The number of benzene rings is 4. The van der Waals surface area contributed by atoms with Crippen LogP contribution in [-0.4, -0.2) is 66.9 Å². The van der Waals surface area contributed by atoms with Crippen LogP contribution in [0.1, 0.15) is 72.6 Å². The molecule has 2 N–H and O–H groups in total. The molecule has 1 unspecified atom stereocenters.